The van der Waals surface area contributed by atoms with Gasteiger partial charge in [0.1, 0.15) is 0 Å². The molecule has 19 heavy (non-hydrogen) atoms. The summed E-state index contributed by atoms with van der Waals surface area (Å²) in [7, 11) is 0. The Bertz CT molecular complexity index is 568. The van der Waals surface area contributed by atoms with E-state index in [1.54, 1.807) is 0 Å². The SMILES string of the molecule is CC(Nc1nc(CCC(=O)O)cs1)c1ccc(Cl)s1. The van der Waals surface area contributed by atoms with Gasteiger partial charge in [-0.05, 0) is 19.1 Å². The smallest absolute Gasteiger partial charge is 0.303 e. The van der Waals surface area contributed by atoms with Gasteiger partial charge >= 0.3 is 5.97 Å². The fraction of sp³-hybridized carbons (Fsp3) is 0.333. The number of aromatic nitrogens is 1. The highest BCUT2D eigenvalue weighted by molar-refractivity contribution is 7.16. The molecule has 2 N–H and O–H groups in total. The summed E-state index contributed by atoms with van der Waals surface area (Å²) in [5.41, 5.74) is 0.811. The lowest BCUT2D eigenvalue weighted by Gasteiger charge is -2.10. The molecule has 0 aliphatic heterocycles. The summed E-state index contributed by atoms with van der Waals surface area (Å²) in [4.78, 5) is 16.0. The maximum absolute atomic E-state index is 10.5. The minimum atomic E-state index is -0.802. The van der Waals surface area contributed by atoms with Crippen LogP contribution >= 0.6 is 34.3 Å². The number of anilines is 1. The molecule has 0 saturated heterocycles. The fourth-order valence-corrected chi connectivity index (χ4v) is 3.44. The lowest BCUT2D eigenvalue weighted by Crippen LogP contribution is -2.04. The van der Waals surface area contributed by atoms with Crippen molar-refractivity contribution in [3.05, 3.63) is 32.4 Å². The summed E-state index contributed by atoms with van der Waals surface area (Å²) in [6.07, 6.45) is 0.575. The number of nitrogens with zero attached hydrogens (tertiary/aromatic N) is 1. The van der Waals surface area contributed by atoms with E-state index in [0.717, 1.165) is 20.0 Å². The van der Waals surface area contributed by atoms with Crippen LogP contribution in [0.25, 0.3) is 0 Å². The van der Waals surface area contributed by atoms with E-state index >= 15 is 0 Å². The number of aryl methyl sites for hydroxylation is 1. The number of nitrogens with one attached hydrogen (secondary N) is 1. The van der Waals surface area contributed by atoms with Crippen molar-refractivity contribution in [1.82, 2.24) is 4.98 Å². The number of carbonyl (C=O) groups is 1. The van der Waals surface area contributed by atoms with E-state index < -0.39 is 5.97 Å². The van der Waals surface area contributed by atoms with E-state index in [9.17, 15) is 4.79 Å². The van der Waals surface area contributed by atoms with E-state index in [-0.39, 0.29) is 12.5 Å². The predicted octanol–water partition coefficient (Wildman–Crippen LogP) is 4.05. The molecule has 0 bridgehead atoms. The number of hydrogen-bond acceptors (Lipinski definition) is 5. The van der Waals surface area contributed by atoms with Crippen molar-refractivity contribution in [3.63, 3.8) is 0 Å². The Morgan fingerprint density at radius 3 is 3.00 bits per heavy atom. The maximum atomic E-state index is 10.5. The van der Waals surface area contributed by atoms with Crippen LogP contribution in [0.4, 0.5) is 5.13 Å². The van der Waals surface area contributed by atoms with Crippen molar-refractivity contribution < 1.29 is 9.90 Å². The number of aliphatic carboxylic acids is 1. The van der Waals surface area contributed by atoms with Crippen LogP contribution in [0.5, 0.6) is 0 Å². The Labute approximate surface area is 124 Å². The molecular formula is C12H13ClN2O2S2. The molecule has 102 valence electrons. The van der Waals surface area contributed by atoms with Crippen LogP contribution in [0.2, 0.25) is 4.34 Å². The first-order valence-electron chi connectivity index (χ1n) is 5.72. The van der Waals surface area contributed by atoms with Gasteiger partial charge in [-0.3, -0.25) is 4.79 Å². The van der Waals surface area contributed by atoms with Crippen LogP contribution < -0.4 is 5.32 Å². The summed E-state index contributed by atoms with van der Waals surface area (Å²) >= 11 is 8.93. The number of thiazole rings is 1. The van der Waals surface area contributed by atoms with Crippen molar-refractivity contribution >= 4 is 45.4 Å². The lowest BCUT2D eigenvalue weighted by atomic mass is 10.2. The molecule has 0 amide bonds. The number of hydrogen-bond donors (Lipinski definition) is 2. The van der Waals surface area contributed by atoms with E-state index in [1.807, 2.05) is 24.4 Å². The summed E-state index contributed by atoms with van der Waals surface area (Å²) in [5.74, 6) is -0.802. The van der Waals surface area contributed by atoms with Gasteiger partial charge in [0.05, 0.1) is 22.5 Å². The van der Waals surface area contributed by atoms with Crippen LogP contribution in [0.3, 0.4) is 0 Å². The van der Waals surface area contributed by atoms with Crippen molar-refractivity contribution in [3.8, 4) is 0 Å². The Balaban J connectivity index is 1.94. The zero-order chi connectivity index (χ0) is 13.8. The van der Waals surface area contributed by atoms with Gasteiger partial charge < -0.3 is 10.4 Å². The zero-order valence-electron chi connectivity index (χ0n) is 10.2. The standard InChI is InChI=1S/C12H13ClN2O2S2/c1-7(9-3-4-10(13)19-9)14-12-15-8(6-18-12)2-5-11(16)17/h3-4,6-7H,2,5H2,1H3,(H,14,15)(H,16,17). The number of halogens is 1. The lowest BCUT2D eigenvalue weighted by molar-refractivity contribution is -0.136. The molecule has 0 saturated carbocycles. The molecule has 2 rings (SSSR count). The minimum Gasteiger partial charge on any atom is -0.481 e. The van der Waals surface area contributed by atoms with Crippen molar-refractivity contribution in [1.29, 1.82) is 0 Å². The zero-order valence-corrected chi connectivity index (χ0v) is 12.6. The molecule has 1 unspecified atom stereocenters. The van der Waals surface area contributed by atoms with E-state index in [2.05, 4.69) is 10.3 Å². The first kappa shape index (κ1) is 14.3. The highest BCUT2D eigenvalue weighted by atomic mass is 35.5. The molecule has 4 nitrogen and oxygen atoms in total. The highest BCUT2D eigenvalue weighted by Crippen LogP contribution is 2.29. The second-order valence-electron chi connectivity index (χ2n) is 4.05. The first-order chi connectivity index (χ1) is 9.04. The average molecular weight is 317 g/mol. The van der Waals surface area contributed by atoms with E-state index in [4.69, 9.17) is 16.7 Å². The van der Waals surface area contributed by atoms with Crippen LogP contribution in [0.15, 0.2) is 17.5 Å². The molecule has 1 atom stereocenters. The molecule has 2 aromatic rings. The molecule has 7 heteroatoms. The molecule has 0 spiro atoms. The molecule has 2 aromatic heterocycles. The van der Waals surface area contributed by atoms with Crippen molar-refractivity contribution in [2.75, 3.05) is 5.32 Å². The predicted molar refractivity (Wildman–Crippen MR) is 79.4 cm³/mol. The topological polar surface area (TPSA) is 62.2 Å². The molecule has 2 heterocycles. The van der Waals surface area contributed by atoms with Gasteiger partial charge in [0, 0.05) is 16.7 Å². The summed E-state index contributed by atoms with van der Waals surface area (Å²) < 4.78 is 0.768. The quantitative estimate of drug-likeness (QED) is 0.844. The third kappa shape index (κ3) is 4.19. The molecular weight excluding hydrogens is 304 g/mol. The maximum Gasteiger partial charge on any atom is 0.303 e. The van der Waals surface area contributed by atoms with E-state index in [0.29, 0.717) is 6.42 Å². The normalized spacial score (nSPS) is 12.3. The van der Waals surface area contributed by atoms with Gasteiger partial charge in [-0.15, -0.1) is 22.7 Å². The number of thiophene rings is 1. The second kappa shape index (κ2) is 6.36. The fourth-order valence-electron chi connectivity index (χ4n) is 1.54. The van der Waals surface area contributed by atoms with Gasteiger partial charge in [0.2, 0.25) is 0 Å². The van der Waals surface area contributed by atoms with Crippen molar-refractivity contribution in [2.24, 2.45) is 0 Å². The highest BCUT2D eigenvalue weighted by Gasteiger charge is 2.11. The Kier molecular flexibility index (Phi) is 4.79. The van der Waals surface area contributed by atoms with Gasteiger partial charge in [-0.1, -0.05) is 11.6 Å². The summed E-state index contributed by atoms with van der Waals surface area (Å²) in [5, 5.41) is 14.6. The van der Waals surface area contributed by atoms with Crippen LogP contribution in [0, 0.1) is 0 Å². The first-order valence-corrected chi connectivity index (χ1v) is 7.80. The number of rotatable bonds is 6. The van der Waals surface area contributed by atoms with Crippen molar-refractivity contribution in [2.45, 2.75) is 25.8 Å². The molecule has 0 radical (unpaired) electrons. The second-order valence-corrected chi connectivity index (χ2v) is 6.65. The van der Waals surface area contributed by atoms with Gasteiger partial charge in [-0.25, -0.2) is 4.98 Å². The van der Waals surface area contributed by atoms with Gasteiger partial charge in [-0.2, -0.15) is 0 Å². The molecule has 0 aliphatic carbocycles. The number of carboxylic acid groups (broad SMARTS) is 1. The molecule has 0 fully saturated rings. The van der Waals surface area contributed by atoms with Crippen LogP contribution in [-0.2, 0) is 11.2 Å². The van der Waals surface area contributed by atoms with E-state index in [1.165, 1.54) is 22.7 Å². The van der Waals surface area contributed by atoms with Crippen LogP contribution in [-0.4, -0.2) is 16.1 Å². The van der Waals surface area contributed by atoms with Gasteiger partial charge in [0.15, 0.2) is 5.13 Å². The summed E-state index contributed by atoms with van der Waals surface area (Å²) in [6.45, 7) is 2.04. The molecule has 0 aromatic carbocycles. The Morgan fingerprint density at radius 2 is 2.37 bits per heavy atom. The minimum absolute atomic E-state index is 0.110. The Hall–Kier alpha value is -1.11. The third-order valence-corrected chi connectivity index (χ3v) is 4.74. The largest absolute Gasteiger partial charge is 0.481 e. The summed E-state index contributed by atoms with van der Waals surface area (Å²) in [6, 6.07) is 4.00. The average Bonchev–Trinajstić information content (AvgIpc) is 2.95. The monoisotopic (exact) mass is 316 g/mol. The van der Waals surface area contributed by atoms with Gasteiger partial charge in [0.25, 0.3) is 0 Å². The third-order valence-electron chi connectivity index (χ3n) is 2.51. The molecule has 0 aliphatic rings. The van der Waals surface area contributed by atoms with Crippen LogP contribution in [0.1, 0.15) is 30.0 Å². The number of carboxylic acids is 1. The Morgan fingerprint density at radius 1 is 1.58 bits per heavy atom.